The lowest BCUT2D eigenvalue weighted by Gasteiger charge is -2.12. The van der Waals surface area contributed by atoms with Crippen molar-refractivity contribution in [2.45, 2.75) is 31.3 Å². The van der Waals surface area contributed by atoms with Crippen LogP contribution in [0, 0.1) is 5.82 Å². The maximum atomic E-state index is 14.3. The van der Waals surface area contributed by atoms with Gasteiger partial charge >= 0.3 is 0 Å². The molecule has 0 unspecified atom stereocenters. The Bertz CT molecular complexity index is 1160. The predicted molar refractivity (Wildman–Crippen MR) is 113 cm³/mol. The standard InChI is InChI=1S/C20H20ClFN4O3S/c1-13(2)25-30(28,29)16-7-8-18(22)17(11-16)20(27)24-19-9-10-23-26(19)12-14-3-5-15(21)6-4-14/h3-11,13,25H,12H2,1-2H3,(H,24,27). The molecule has 2 N–H and O–H groups in total. The molecule has 0 bridgehead atoms. The molecule has 0 saturated carbocycles. The Morgan fingerprint density at radius 3 is 2.53 bits per heavy atom. The first-order chi connectivity index (χ1) is 14.2. The van der Waals surface area contributed by atoms with E-state index in [0.29, 0.717) is 17.4 Å². The van der Waals surface area contributed by atoms with Crippen LogP contribution in [0.2, 0.25) is 5.02 Å². The molecule has 1 heterocycles. The Hall–Kier alpha value is -2.75. The number of anilines is 1. The van der Waals surface area contributed by atoms with Crippen LogP contribution in [0.1, 0.15) is 29.8 Å². The highest BCUT2D eigenvalue weighted by molar-refractivity contribution is 7.89. The first kappa shape index (κ1) is 21.9. The number of benzene rings is 2. The van der Waals surface area contributed by atoms with Gasteiger partial charge in [-0.3, -0.25) is 4.79 Å². The number of sulfonamides is 1. The molecular formula is C20H20ClFN4O3S. The molecule has 7 nitrogen and oxygen atoms in total. The van der Waals surface area contributed by atoms with Crippen LogP contribution < -0.4 is 10.0 Å². The third-order valence-electron chi connectivity index (χ3n) is 4.09. The van der Waals surface area contributed by atoms with E-state index in [0.717, 1.165) is 23.8 Å². The van der Waals surface area contributed by atoms with E-state index in [1.807, 2.05) is 12.1 Å². The lowest BCUT2D eigenvalue weighted by atomic mass is 10.2. The SMILES string of the molecule is CC(C)NS(=O)(=O)c1ccc(F)c(C(=O)Nc2ccnn2Cc2ccc(Cl)cc2)c1. The predicted octanol–water partition coefficient (Wildman–Crippen LogP) is 3.66. The first-order valence-electron chi connectivity index (χ1n) is 9.05. The van der Waals surface area contributed by atoms with E-state index in [1.165, 1.54) is 10.9 Å². The molecule has 0 spiro atoms. The van der Waals surface area contributed by atoms with Gasteiger partial charge in [-0.15, -0.1) is 0 Å². The van der Waals surface area contributed by atoms with Crippen LogP contribution in [0.5, 0.6) is 0 Å². The molecule has 0 aliphatic carbocycles. The molecule has 2 aromatic carbocycles. The lowest BCUT2D eigenvalue weighted by molar-refractivity contribution is 0.102. The van der Waals surface area contributed by atoms with Gasteiger partial charge in [-0.25, -0.2) is 22.2 Å². The van der Waals surface area contributed by atoms with Crippen molar-refractivity contribution in [3.63, 3.8) is 0 Å². The van der Waals surface area contributed by atoms with E-state index in [1.54, 1.807) is 32.0 Å². The van der Waals surface area contributed by atoms with Crippen LogP contribution in [-0.2, 0) is 16.6 Å². The fourth-order valence-corrected chi connectivity index (χ4v) is 4.14. The second-order valence-corrected chi connectivity index (χ2v) is 9.02. The summed E-state index contributed by atoms with van der Waals surface area (Å²) in [4.78, 5) is 12.5. The minimum Gasteiger partial charge on any atom is -0.307 e. The number of halogens is 2. The topological polar surface area (TPSA) is 93.1 Å². The summed E-state index contributed by atoms with van der Waals surface area (Å²) < 4.78 is 42.9. The number of amides is 1. The number of nitrogens with one attached hydrogen (secondary N) is 2. The minimum atomic E-state index is -3.87. The fourth-order valence-electron chi connectivity index (χ4n) is 2.74. The van der Waals surface area contributed by atoms with Gasteiger partial charge in [0.15, 0.2) is 0 Å². The highest BCUT2D eigenvalue weighted by Crippen LogP contribution is 2.18. The van der Waals surface area contributed by atoms with Crippen LogP contribution in [0.4, 0.5) is 10.2 Å². The third-order valence-corrected chi connectivity index (χ3v) is 6.00. The number of carbonyl (C=O) groups excluding carboxylic acids is 1. The third kappa shape index (κ3) is 5.24. The number of hydrogen-bond donors (Lipinski definition) is 2. The van der Waals surface area contributed by atoms with Crippen molar-refractivity contribution in [3.05, 3.63) is 76.7 Å². The van der Waals surface area contributed by atoms with E-state index < -0.39 is 21.7 Å². The summed E-state index contributed by atoms with van der Waals surface area (Å²) in [7, 11) is -3.87. The smallest absolute Gasteiger partial charge is 0.259 e. The molecule has 0 aliphatic heterocycles. The Kier molecular flexibility index (Phi) is 6.55. The van der Waals surface area contributed by atoms with Gasteiger partial charge in [-0.05, 0) is 49.7 Å². The number of aromatic nitrogens is 2. The molecule has 0 aliphatic rings. The molecule has 0 atom stereocenters. The zero-order chi connectivity index (χ0) is 21.9. The summed E-state index contributed by atoms with van der Waals surface area (Å²) in [5.74, 6) is -1.28. The molecule has 1 amide bonds. The van der Waals surface area contributed by atoms with Crippen LogP contribution in [0.15, 0.2) is 59.6 Å². The van der Waals surface area contributed by atoms with Crippen molar-refractivity contribution in [2.24, 2.45) is 0 Å². The van der Waals surface area contributed by atoms with Gasteiger partial charge < -0.3 is 5.32 Å². The second-order valence-electron chi connectivity index (χ2n) is 6.87. The fraction of sp³-hybridized carbons (Fsp3) is 0.200. The zero-order valence-electron chi connectivity index (χ0n) is 16.3. The van der Waals surface area contributed by atoms with Crippen molar-refractivity contribution in [1.82, 2.24) is 14.5 Å². The largest absolute Gasteiger partial charge is 0.307 e. The Morgan fingerprint density at radius 2 is 1.87 bits per heavy atom. The molecule has 3 aromatic rings. The molecule has 3 rings (SSSR count). The summed E-state index contributed by atoms with van der Waals surface area (Å²) in [5.41, 5.74) is 0.513. The average Bonchev–Trinajstić information content (AvgIpc) is 3.09. The number of carbonyl (C=O) groups is 1. The van der Waals surface area contributed by atoms with Crippen LogP contribution in [-0.4, -0.2) is 30.1 Å². The van der Waals surface area contributed by atoms with Crippen LogP contribution in [0.3, 0.4) is 0 Å². The lowest BCUT2D eigenvalue weighted by Crippen LogP contribution is -2.30. The maximum Gasteiger partial charge on any atom is 0.259 e. The molecule has 158 valence electrons. The first-order valence-corrected chi connectivity index (χ1v) is 10.9. The van der Waals surface area contributed by atoms with Crippen molar-refractivity contribution in [3.8, 4) is 0 Å². The molecule has 0 fully saturated rings. The van der Waals surface area contributed by atoms with Crippen LogP contribution in [0.25, 0.3) is 0 Å². The number of rotatable bonds is 7. The Labute approximate surface area is 178 Å². The molecular weight excluding hydrogens is 431 g/mol. The Balaban J connectivity index is 1.83. The van der Waals surface area contributed by atoms with Crippen molar-refractivity contribution >= 4 is 33.3 Å². The van der Waals surface area contributed by atoms with Gasteiger partial charge in [-0.2, -0.15) is 5.10 Å². The van der Waals surface area contributed by atoms with Gasteiger partial charge in [-0.1, -0.05) is 23.7 Å². The number of nitrogens with zero attached hydrogens (tertiary/aromatic N) is 2. The molecule has 0 radical (unpaired) electrons. The van der Waals surface area contributed by atoms with Gasteiger partial charge in [0, 0.05) is 17.1 Å². The second kappa shape index (κ2) is 8.95. The zero-order valence-corrected chi connectivity index (χ0v) is 17.8. The monoisotopic (exact) mass is 450 g/mol. The summed E-state index contributed by atoms with van der Waals surface area (Å²) >= 11 is 5.89. The Morgan fingerprint density at radius 1 is 1.17 bits per heavy atom. The van der Waals surface area contributed by atoms with E-state index >= 15 is 0 Å². The normalized spacial score (nSPS) is 11.6. The van der Waals surface area contributed by atoms with Gasteiger partial charge in [0.1, 0.15) is 11.6 Å². The van der Waals surface area contributed by atoms with Crippen molar-refractivity contribution in [2.75, 3.05) is 5.32 Å². The number of hydrogen-bond acceptors (Lipinski definition) is 4. The van der Waals surface area contributed by atoms with Crippen molar-refractivity contribution < 1.29 is 17.6 Å². The molecule has 10 heteroatoms. The average molecular weight is 451 g/mol. The van der Waals surface area contributed by atoms with Crippen molar-refractivity contribution in [1.29, 1.82) is 0 Å². The molecule has 0 saturated heterocycles. The van der Waals surface area contributed by atoms with Crippen LogP contribution >= 0.6 is 11.6 Å². The minimum absolute atomic E-state index is 0.197. The van der Waals surface area contributed by atoms with E-state index in [2.05, 4.69) is 15.1 Å². The maximum absolute atomic E-state index is 14.3. The van der Waals surface area contributed by atoms with Gasteiger partial charge in [0.05, 0.1) is 23.2 Å². The van der Waals surface area contributed by atoms with E-state index in [9.17, 15) is 17.6 Å². The molecule has 1 aromatic heterocycles. The quantitative estimate of drug-likeness (QED) is 0.574. The van der Waals surface area contributed by atoms with Gasteiger partial charge in [0.25, 0.3) is 5.91 Å². The highest BCUT2D eigenvalue weighted by Gasteiger charge is 2.21. The van der Waals surface area contributed by atoms with E-state index in [4.69, 9.17) is 11.6 Å². The summed E-state index contributed by atoms with van der Waals surface area (Å²) in [6.07, 6.45) is 1.50. The summed E-state index contributed by atoms with van der Waals surface area (Å²) in [6.45, 7) is 3.68. The highest BCUT2D eigenvalue weighted by atomic mass is 35.5. The summed E-state index contributed by atoms with van der Waals surface area (Å²) in [6, 6.07) is 11.4. The molecule has 30 heavy (non-hydrogen) atoms. The van der Waals surface area contributed by atoms with Gasteiger partial charge in [0.2, 0.25) is 10.0 Å². The summed E-state index contributed by atoms with van der Waals surface area (Å²) in [5, 5.41) is 7.34. The van der Waals surface area contributed by atoms with E-state index in [-0.39, 0.29) is 16.5 Å².